The molecule has 0 aliphatic carbocycles. The normalized spacial score (nSPS) is 13.5. The van der Waals surface area contributed by atoms with Gasteiger partial charge in [0.15, 0.2) is 137 Å². The second-order valence-corrected chi connectivity index (χ2v) is 22.6. The molecule has 0 fully saturated rings. The number of alkyl halides is 36. The fourth-order valence-corrected chi connectivity index (χ4v) is 9.79. The Kier molecular flexibility index (Phi) is 23.5. The number of aromatic nitrogens is 8. The Morgan fingerprint density at radius 3 is 0.652 bits per heavy atom. The zero-order chi connectivity index (χ0) is 86.1. The summed E-state index contributed by atoms with van der Waals surface area (Å²) in [4.78, 5) is 37.2. The van der Waals surface area contributed by atoms with Crippen molar-refractivity contribution in [2.24, 2.45) is 0 Å². The van der Waals surface area contributed by atoms with Gasteiger partial charge < -0.3 is 66.8 Å². The van der Waals surface area contributed by atoms with Crippen molar-refractivity contribution in [3.05, 3.63) is 28.3 Å². The first-order valence-electron chi connectivity index (χ1n) is 29.5. The van der Waals surface area contributed by atoms with E-state index in [1.807, 2.05) is 4.98 Å². The molecule has 3 aromatic heterocycles. The summed E-state index contributed by atoms with van der Waals surface area (Å²) in [6.07, 6.45) is -72.2. The summed E-state index contributed by atoms with van der Waals surface area (Å²) in [6, 6.07) is 1.10. The van der Waals surface area contributed by atoms with Crippen LogP contribution >= 0.6 is 0 Å². The fraction of sp³-hybridized carbons (Fsp3) is 0.429. The monoisotopic (exact) mass is 1740 g/mol. The standard InChI is InChI=1S/C56H29F36N9O14/c57-45(58,59)4-104-25-19-21(27(106-6-47(63,64)65)33(112-12-53(81,82)83)31(25)110-10-51(75,76)77)41-96-39(19)94-37-17-2-1-16(101(102)103)3-18(17)38(93-37)95-40-20-22(28(107-7-48(66,67)68)34(113-13-54(84,85)86)32(111-11-52(78,79)80)26(20)105-5-46(60,61)62)42(97-40)99-44-24-23(43(98-41)100-44)29(108-8-49(69,70)71)35(114-14-55(87,88)89)36(115-15-56(90,91)92)30(24)109-9-50(72,73)74/h1-3H,4-15H2,(H2,93,94,95,96,97,98,99,100). The molecule has 7 aromatic rings. The van der Waals surface area contributed by atoms with Crippen LogP contribution < -0.4 is 56.8 Å². The first-order chi connectivity index (χ1) is 52.3. The number of aromatic amines is 2. The third-order valence-corrected chi connectivity index (χ3v) is 13.4. The van der Waals surface area contributed by atoms with Crippen LogP contribution in [0.1, 0.15) is 0 Å². The molecule has 0 spiro atoms. The highest BCUT2D eigenvalue weighted by Gasteiger charge is 2.48. The highest BCUT2D eigenvalue weighted by Crippen LogP contribution is 2.62. The van der Waals surface area contributed by atoms with Gasteiger partial charge in [0.05, 0.1) is 37.9 Å². The Balaban J connectivity index is 1.75. The van der Waals surface area contributed by atoms with E-state index in [0.29, 0.717) is 12.1 Å². The van der Waals surface area contributed by atoms with E-state index in [4.69, 9.17) is 18.9 Å². The maximum Gasteiger partial charge on any atom is 0.422 e. The summed E-state index contributed by atoms with van der Waals surface area (Å²) in [7, 11) is 0. The predicted octanol–water partition coefficient (Wildman–Crippen LogP) is 18.1. The lowest BCUT2D eigenvalue weighted by Crippen LogP contribution is -2.25. The second-order valence-electron chi connectivity index (χ2n) is 22.6. The molecule has 115 heavy (non-hydrogen) atoms. The van der Waals surface area contributed by atoms with E-state index in [1.54, 1.807) is 4.98 Å². The number of hydrogen-bond donors (Lipinski definition) is 2. The van der Waals surface area contributed by atoms with E-state index in [2.05, 4.69) is 67.8 Å². The lowest BCUT2D eigenvalue weighted by molar-refractivity contribution is -0.384. The van der Waals surface area contributed by atoms with Crippen molar-refractivity contribution in [2.75, 3.05) is 79.3 Å². The molecule has 59 heteroatoms. The molecule has 2 aliphatic rings. The molecule has 0 unspecified atom stereocenters. The maximum absolute atomic E-state index is 14.7. The number of H-pyrrole nitrogens is 2. The van der Waals surface area contributed by atoms with Crippen molar-refractivity contribution in [3.8, 4) is 115 Å². The number of non-ortho nitro benzene ring substituents is 1. The van der Waals surface area contributed by atoms with E-state index in [0.717, 1.165) is 0 Å². The minimum Gasteiger partial charge on any atom is -0.479 e. The molecule has 2 aliphatic heterocycles. The molecule has 23 nitrogen and oxygen atoms in total. The number of hydrogen-bond acceptors (Lipinski definition) is 20. The summed E-state index contributed by atoms with van der Waals surface area (Å²) in [5, 5.41) is 5.86. The van der Waals surface area contributed by atoms with Crippen molar-refractivity contribution in [1.82, 2.24) is 39.9 Å². The van der Waals surface area contributed by atoms with Crippen LogP contribution in [0.3, 0.4) is 0 Å². The number of nitro groups is 1. The van der Waals surface area contributed by atoms with Crippen molar-refractivity contribution in [2.45, 2.75) is 74.1 Å². The molecule has 0 saturated carbocycles. The van der Waals surface area contributed by atoms with Crippen LogP contribution in [0.4, 0.5) is 164 Å². The summed E-state index contributed by atoms with van der Waals surface area (Å²) in [6.45, 7) is -37.4. The molecule has 2 N–H and O–H groups in total. The van der Waals surface area contributed by atoms with E-state index in [1.165, 1.54) is 0 Å². The van der Waals surface area contributed by atoms with Gasteiger partial charge in [-0.25, -0.2) is 29.9 Å². The van der Waals surface area contributed by atoms with Gasteiger partial charge >= 0.3 is 74.1 Å². The molecular formula is C56H29F36N9O14. The Labute approximate surface area is 605 Å². The number of nitrogens with zero attached hydrogens (tertiary/aromatic N) is 7. The Morgan fingerprint density at radius 2 is 0.435 bits per heavy atom. The van der Waals surface area contributed by atoms with Crippen LogP contribution in [0.5, 0.6) is 69.0 Å². The van der Waals surface area contributed by atoms with Crippen LogP contribution in [0.15, 0.2) is 18.2 Å². The lowest BCUT2D eigenvalue weighted by atomic mass is 10.0. The summed E-state index contributed by atoms with van der Waals surface area (Å²) >= 11 is 0. The molecule has 9 rings (SSSR count). The number of nitrogens with one attached hydrogen (secondary N) is 2. The van der Waals surface area contributed by atoms with Crippen LogP contribution in [-0.4, -0.2) is 198 Å². The van der Waals surface area contributed by atoms with E-state index in [-0.39, 0.29) is 6.07 Å². The van der Waals surface area contributed by atoms with Gasteiger partial charge in [0.1, 0.15) is 22.6 Å². The third-order valence-electron chi connectivity index (χ3n) is 13.4. The molecule has 8 bridgehead atoms. The Hall–Kier alpha value is -11.3. The van der Waals surface area contributed by atoms with Gasteiger partial charge in [-0.1, -0.05) is 0 Å². The topological polar surface area (TPSA) is 263 Å². The molecule has 0 amide bonds. The number of rotatable bonds is 25. The molecule has 4 aromatic carbocycles. The van der Waals surface area contributed by atoms with Crippen molar-refractivity contribution in [1.29, 1.82) is 0 Å². The van der Waals surface area contributed by atoms with E-state index in [9.17, 15) is 168 Å². The van der Waals surface area contributed by atoms with Gasteiger partial charge in [0.25, 0.3) is 5.69 Å². The smallest absolute Gasteiger partial charge is 0.422 e. The van der Waals surface area contributed by atoms with Crippen LogP contribution in [0, 0.1) is 10.1 Å². The average molecular weight is 1740 g/mol. The Bertz CT molecular complexity index is 5000. The third kappa shape index (κ3) is 22.8. The Morgan fingerprint density at radius 1 is 0.252 bits per heavy atom. The highest BCUT2D eigenvalue weighted by molar-refractivity contribution is 6.15. The molecule has 0 atom stereocenters. The molecular weight excluding hydrogens is 1710 g/mol. The van der Waals surface area contributed by atoms with Crippen molar-refractivity contribution in [3.63, 3.8) is 0 Å². The van der Waals surface area contributed by atoms with Crippen LogP contribution in [-0.2, 0) is 0 Å². The minimum atomic E-state index is -6.11. The van der Waals surface area contributed by atoms with Gasteiger partial charge in [-0.15, -0.1) is 0 Å². The lowest BCUT2D eigenvalue weighted by Gasteiger charge is -2.24. The number of benzene rings is 4. The number of ether oxygens (including phenoxy) is 12. The summed E-state index contributed by atoms with van der Waals surface area (Å²) < 4.78 is 576. The van der Waals surface area contributed by atoms with E-state index >= 15 is 0 Å². The number of nitro benzene ring substituents is 1. The van der Waals surface area contributed by atoms with Gasteiger partial charge in [0, 0.05) is 22.9 Å². The van der Waals surface area contributed by atoms with E-state index < -0.39 is 323 Å². The van der Waals surface area contributed by atoms with Crippen molar-refractivity contribution < 1.29 is 220 Å². The maximum atomic E-state index is 14.7. The summed E-state index contributed by atoms with van der Waals surface area (Å²) in [5.74, 6) is -37.8. The molecule has 5 heterocycles. The van der Waals surface area contributed by atoms with Gasteiger partial charge in [-0.2, -0.15) is 158 Å². The minimum absolute atomic E-state index is 0.262. The predicted molar refractivity (Wildman–Crippen MR) is 301 cm³/mol. The van der Waals surface area contributed by atoms with Crippen LogP contribution in [0.25, 0.3) is 89.7 Å². The number of halogens is 36. The van der Waals surface area contributed by atoms with Gasteiger partial charge in [-0.05, 0) is 6.07 Å². The highest BCUT2D eigenvalue weighted by atomic mass is 19.5. The average Bonchev–Trinajstić information content (AvgIpc) is 1.58. The van der Waals surface area contributed by atoms with Gasteiger partial charge in [-0.3, -0.25) is 10.1 Å². The molecule has 0 radical (unpaired) electrons. The van der Waals surface area contributed by atoms with Crippen molar-refractivity contribution >= 4 is 49.8 Å². The van der Waals surface area contributed by atoms with Gasteiger partial charge in [0.2, 0.25) is 34.5 Å². The fourth-order valence-electron chi connectivity index (χ4n) is 9.79. The second kappa shape index (κ2) is 30.8. The summed E-state index contributed by atoms with van der Waals surface area (Å²) in [5.41, 5.74) is -16.7. The quantitative estimate of drug-likeness (QED) is 0.0306. The molecule has 634 valence electrons. The largest absolute Gasteiger partial charge is 0.479 e. The van der Waals surface area contributed by atoms with Crippen LogP contribution in [0.2, 0.25) is 0 Å². The zero-order valence-corrected chi connectivity index (χ0v) is 54.2. The first-order valence-corrected chi connectivity index (χ1v) is 29.5. The number of fused-ring (bicyclic) bond motifs is 20. The molecule has 0 saturated heterocycles. The zero-order valence-electron chi connectivity index (χ0n) is 54.2. The SMILES string of the molecule is O=[N+]([O-])c1ccc2c3nc4nc(nc5[nH]c(nc6nc(nc([nH]3)c2c1)-c1c(OCC(F)(F)F)c(OCC(F)(F)F)c(OCC(F)(F)F)c(OCC(F)(F)F)c1-6)c1c(OCC(F)(F)F)c(OCC(F)(F)F)c(OCC(F)(F)F)c(OCC(F)(F)F)c51)-c1c(OCC(F)(F)F)c(OCC(F)(F)F)c(OCC(F)(F)F)c(OCC(F)(F)F)c1-4. The first kappa shape index (κ1) is 87.7.